The first kappa shape index (κ1) is 18.6. The Morgan fingerprint density at radius 1 is 1.28 bits per heavy atom. The number of nitrogens with one attached hydrogen (secondary N) is 1. The molecule has 0 aliphatic carbocycles. The molecule has 2 aromatic carbocycles. The second-order valence-electron chi connectivity index (χ2n) is 6.50. The molecule has 0 fully saturated rings. The summed E-state index contributed by atoms with van der Waals surface area (Å²) in [4.78, 5) is 17.5. The molecule has 3 heterocycles. The molecular formula is C20H21N5O4. The summed E-state index contributed by atoms with van der Waals surface area (Å²) in [6.45, 7) is 4.23. The maximum Gasteiger partial charge on any atom is 0.292 e. The minimum Gasteiger partial charge on any atom is -0.491 e. The highest BCUT2D eigenvalue weighted by molar-refractivity contribution is 5.90. The highest BCUT2D eigenvalue weighted by Crippen LogP contribution is 2.36. The third kappa shape index (κ3) is 3.42. The van der Waals surface area contributed by atoms with Gasteiger partial charge in [0.1, 0.15) is 22.6 Å². The summed E-state index contributed by atoms with van der Waals surface area (Å²) in [6.07, 6.45) is 0.933. The molecule has 0 unspecified atom stereocenters. The molecule has 150 valence electrons. The topological polar surface area (TPSA) is 128 Å². The second kappa shape index (κ2) is 7.70. The number of aromatic nitrogens is 3. The van der Waals surface area contributed by atoms with Crippen LogP contribution in [0.25, 0.3) is 33.5 Å². The zero-order chi connectivity index (χ0) is 20.4. The standard InChI is InChI=1S/C19H19N5O2.CH2O2/c1-2-21-12-9-14-17-16(10-12)25-7-3-6-24(17)18(22-14)11-4-5-15-13(8-11)23-19(20)26-15;2-1-3/h4-5,8-10,21H,2-3,6-7H2,1H3,(H2,20,23);1H,(H,2,3). The lowest BCUT2D eigenvalue weighted by molar-refractivity contribution is -0.122. The van der Waals surface area contributed by atoms with Crippen molar-refractivity contribution in [1.29, 1.82) is 0 Å². The number of rotatable bonds is 3. The van der Waals surface area contributed by atoms with E-state index in [0.29, 0.717) is 12.2 Å². The average molecular weight is 395 g/mol. The highest BCUT2D eigenvalue weighted by Gasteiger charge is 2.20. The summed E-state index contributed by atoms with van der Waals surface area (Å²) in [7, 11) is 0. The van der Waals surface area contributed by atoms with Gasteiger partial charge in [0.15, 0.2) is 5.58 Å². The van der Waals surface area contributed by atoms with Gasteiger partial charge in [-0.05, 0) is 37.6 Å². The van der Waals surface area contributed by atoms with Crippen LogP contribution in [0.3, 0.4) is 0 Å². The molecule has 4 N–H and O–H groups in total. The third-order valence-corrected chi connectivity index (χ3v) is 4.63. The predicted molar refractivity (Wildman–Crippen MR) is 110 cm³/mol. The molecule has 9 nitrogen and oxygen atoms in total. The molecule has 0 saturated carbocycles. The number of nitrogen functional groups attached to an aromatic ring is 1. The molecule has 0 bridgehead atoms. The molecule has 9 heteroatoms. The zero-order valence-electron chi connectivity index (χ0n) is 15.9. The van der Waals surface area contributed by atoms with Crippen LogP contribution in [0.2, 0.25) is 0 Å². The van der Waals surface area contributed by atoms with E-state index < -0.39 is 0 Å². The number of carboxylic acid groups (broad SMARTS) is 1. The van der Waals surface area contributed by atoms with Crippen LogP contribution in [0.1, 0.15) is 13.3 Å². The third-order valence-electron chi connectivity index (χ3n) is 4.63. The smallest absolute Gasteiger partial charge is 0.292 e. The molecule has 0 atom stereocenters. The molecule has 0 saturated heterocycles. The Hall–Kier alpha value is -3.75. The molecule has 1 aliphatic rings. The van der Waals surface area contributed by atoms with Gasteiger partial charge in [0.05, 0.1) is 12.1 Å². The fourth-order valence-corrected chi connectivity index (χ4v) is 3.57. The zero-order valence-corrected chi connectivity index (χ0v) is 15.9. The van der Waals surface area contributed by atoms with E-state index in [-0.39, 0.29) is 12.5 Å². The van der Waals surface area contributed by atoms with Crippen LogP contribution in [0.5, 0.6) is 5.75 Å². The van der Waals surface area contributed by atoms with E-state index in [1.807, 2.05) is 18.2 Å². The molecule has 0 radical (unpaired) electrons. The number of hydrogen-bond acceptors (Lipinski definition) is 7. The number of fused-ring (bicyclic) bond motifs is 1. The highest BCUT2D eigenvalue weighted by atomic mass is 16.5. The number of anilines is 2. The van der Waals surface area contributed by atoms with Crippen LogP contribution in [0.15, 0.2) is 34.7 Å². The van der Waals surface area contributed by atoms with E-state index in [1.165, 1.54) is 0 Å². The normalized spacial score (nSPS) is 12.7. The van der Waals surface area contributed by atoms with Crippen molar-refractivity contribution < 1.29 is 19.1 Å². The van der Waals surface area contributed by atoms with Crippen LogP contribution in [-0.2, 0) is 11.3 Å². The van der Waals surface area contributed by atoms with E-state index >= 15 is 0 Å². The van der Waals surface area contributed by atoms with Gasteiger partial charge < -0.3 is 29.9 Å². The van der Waals surface area contributed by atoms with E-state index in [9.17, 15) is 0 Å². The summed E-state index contributed by atoms with van der Waals surface area (Å²) >= 11 is 0. The summed E-state index contributed by atoms with van der Waals surface area (Å²) in [6, 6.07) is 10.2. The molecule has 0 spiro atoms. The molecule has 5 rings (SSSR count). The fourth-order valence-electron chi connectivity index (χ4n) is 3.57. The first-order valence-electron chi connectivity index (χ1n) is 9.29. The first-order valence-corrected chi connectivity index (χ1v) is 9.29. The minimum absolute atomic E-state index is 0.175. The quantitative estimate of drug-likeness (QED) is 0.451. The lowest BCUT2D eigenvalue weighted by atomic mass is 10.2. The largest absolute Gasteiger partial charge is 0.491 e. The predicted octanol–water partition coefficient (Wildman–Crippen LogP) is 3.34. The van der Waals surface area contributed by atoms with E-state index in [0.717, 1.165) is 58.9 Å². The maximum absolute atomic E-state index is 8.36. The fraction of sp³-hybridized carbons (Fsp3) is 0.250. The number of oxazole rings is 1. The van der Waals surface area contributed by atoms with Gasteiger partial charge in [-0.25, -0.2) is 4.98 Å². The van der Waals surface area contributed by atoms with Crippen molar-refractivity contribution in [2.75, 3.05) is 24.2 Å². The van der Waals surface area contributed by atoms with Crippen molar-refractivity contribution >= 4 is 40.3 Å². The van der Waals surface area contributed by atoms with Gasteiger partial charge in [0.2, 0.25) is 0 Å². The monoisotopic (exact) mass is 395 g/mol. The van der Waals surface area contributed by atoms with Gasteiger partial charge in [0, 0.05) is 30.4 Å². The summed E-state index contributed by atoms with van der Waals surface area (Å²) in [5, 5.41) is 10.2. The Bertz CT molecular complexity index is 1180. The number of hydrogen-bond donors (Lipinski definition) is 3. The molecule has 2 aromatic heterocycles. The van der Waals surface area contributed by atoms with E-state index in [2.05, 4.69) is 33.9 Å². The van der Waals surface area contributed by atoms with Crippen molar-refractivity contribution in [3.05, 3.63) is 30.3 Å². The van der Waals surface area contributed by atoms with E-state index in [1.54, 1.807) is 0 Å². The van der Waals surface area contributed by atoms with Crippen molar-refractivity contribution in [1.82, 2.24) is 14.5 Å². The Morgan fingerprint density at radius 2 is 2.10 bits per heavy atom. The molecular weight excluding hydrogens is 374 g/mol. The Morgan fingerprint density at radius 3 is 2.90 bits per heavy atom. The number of imidazole rings is 1. The maximum atomic E-state index is 8.36. The minimum atomic E-state index is -0.250. The number of ether oxygens (including phenoxy) is 1. The van der Waals surface area contributed by atoms with Crippen molar-refractivity contribution in [2.45, 2.75) is 19.9 Å². The number of nitrogens with two attached hydrogens (primary N) is 1. The van der Waals surface area contributed by atoms with Gasteiger partial charge in [-0.1, -0.05) is 0 Å². The lowest BCUT2D eigenvalue weighted by Crippen LogP contribution is -2.01. The molecule has 1 aliphatic heterocycles. The van der Waals surface area contributed by atoms with Crippen LogP contribution >= 0.6 is 0 Å². The first-order chi connectivity index (χ1) is 14.1. The van der Waals surface area contributed by atoms with Crippen LogP contribution in [0, 0.1) is 0 Å². The Balaban J connectivity index is 0.000000645. The summed E-state index contributed by atoms with van der Waals surface area (Å²) in [5.74, 6) is 1.78. The molecule has 0 amide bonds. The van der Waals surface area contributed by atoms with Crippen molar-refractivity contribution in [2.24, 2.45) is 0 Å². The SMILES string of the molecule is CCNc1cc2c3c(c1)nc(-c1ccc4oc(N)nc4c1)n3CCCO2.O=CO. The van der Waals surface area contributed by atoms with Gasteiger partial charge >= 0.3 is 0 Å². The van der Waals surface area contributed by atoms with Gasteiger partial charge in [0.25, 0.3) is 12.5 Å². The number of carbonyl (C=O) groups is 1. The van der Waals surface area contributed by atoms with Gasteiger partial charge in [-0.2, -0.15) is 4.98 Å². The number of benzene rings is 2. The number of aryl methyl sites for hydroxylation is 1. The van der Waals surface area contributed by atoms with Crippen molar-refractivity contribution in [3.8, 4) is 17.1 Å². The Labute approximate surface area is 166 Å². The molecule has 4 aromatic rings. The van der Waals surface area contributed by atoms with Crippen LogP contribution < -0.4 is 15.8 Å². The molecule has 29 heavy (non-hydrogen) atoms. The summed E-state index contributed by atoms with van der Waals surface area (Å²) < 4.78 is 13.6. The van der Waals surface area contributed by atoms with Crippen molar-refractivity contribution in [3.63, 3.8) is 0 Å². The van der Waals surface area contributed by atoms with Crippen LogP contribution in [-0.4, -0.2) is 39.3 Å². The van der Waals surface area contributed by atoms with Crippen LogP contribution in [0.4, 0.5) is 11.7 Å². The summed E-state index contributed by atoms with van der Waals surface area (Å²) in [5.41, 5.74) is 11.1. The lowest BCUT2D eigenvalue weighted by Gasteiger charge is -2.09. The van der Waals surface area contributed by atoms with Gasteiger partial charge in [-0.15, -0.1) is 0 Å². The van der Waals surface area contributed by atoms with Gasteiger partial charge in [-0.3, -0.25) is 4.79 Å². The Kier molecular flexibility index (Phi) is 4.94. The number of nitrogens with zero attached hydrogens (tertiary/aromatic N) is 3. The van der Waals surface area contributed by atoms with E-state index in [4.69, 9.17) is 29.8 Å². The average Bonchev–Trinajstić information content (AvgIpc) is 3.16. The second-order valence-corrected chi connectivity index (χ2v) is 6.50.